The van der Waals surface area contributed by atoms with Crippen molar-refractivity contribution in [3.63, 3.8) is 0 Å². The molecule has 0 radical (unpaired) electrons. The van der Waals surface area contributed by atoms with E-state index in [1.165, 1.54) is 0 Å². The average Bonchev–Trinajstić information content (AvgIpc) is 2.65. The highest BCUT2D eigenvalue weighted by Crippen LogP contribution is 2.36. The lowest BCUT2D eigenvalue weighted by Gasteiger charge is -2.44. The maximum absolute atomic E-state index is 12.8. The van der Waals surface area contributed by atoms with Crippen molar-refractivity contribution in [2.45, 2.75) is 51.3 Å². The van der Waals surface area contributed by atoms with Crippen molar-refractivity contribution in [3.05, 3.63) is 65.7 Å². The predicted octanol–water partition coefficient (Wildman–Crippen LogP) is 4.59. The first kappa shape index (κ1) is 19.4. The van der Waals surface area contributed by atoms with Gasteiger partial charge in [0.05, 0.1) is 18.8 Å². The standard InChI is InChI=1S/C23H29NO3/c1-17(25)24(20-14-15-27-23(2,3)16-20)22(18-8-6-5-7-9-18)19-10-12-21(26-4)13-11-19/h5-13,20,22H,14-16H2,1-4H3/t20-,22-/m1/s1. The van der Waals surface area contributed by atoms with Gasteiger partial charge in [0, 0.05) is 19.6 Å². The van der Waals surface area contributed by atoms with E-state index in [0.717, 1.165) is 29.7 Å². The maximum atomic E-state index is 12.8. The molecular formula is C23H29NO3. The monoisotopic (exact) mass is 367 g/mol. The SMILES string of the molecule is COc1ccc([C@@H](c2ccccc2)N(C(C)=O)[C@@H]2CCOC(C)(C)C2)cc1. The Balaban J connectivity index is 2.04. The molecular weight excluding hydrogens is 338 g/mol. The normalized spacial score (nSPS) is 19.9. The van der Waals surface area contributed by atoms with E-state index in [1.54, 1.807) is 14.0 Å². The number of hydrogen-bond acceptors (Lipinski definition) is 3. The first-order valence-corrected chi connectivity index (χ1v) is 9.53. The third-order valence-corrected chi connectivity index (χ3v) is 5.25. The molecule has 3 rings (SSSR count). The second-order valence-electron chi connectivity index (χ2n) is 7.77. The minimum Gasteiger partial charge on any atom is -0.497 e. The molecule has 1 saturated heterocycles. The Labute approximate surface area is 162 Å². The fourth-order valence-corrected chi connectivity index (χ4v) is 4.02. The van der Waals surface area contributed by atoms with Gasteiger partial charge in [0.1, 0.15) is 5.75 Å². The summed E-state index contributed by atoms with van der Waals surface area (Å²) in [5.41, 5.74) is 1.97. The summed E-state index contributed by atoms with van der Waals surface area (Å²) in [6.45, 7) is 6.54. The van der Waals surface area contributed by atoms with Crippen LogP contribution in [-0.4, -0.2) is 36.2 Å². The molecule has 0 spiro atoms. The van der Waals surface area contributed by atoms with Crippen LogP contribution in [0.1, 0.15) is 50.8 Å². The Bertz CT molecular complexity index is 755. The second kappa shape index (κ2) is 8.13. The molecule has 1 aliphatic rings. The molecule has 2 atom stereocenters. The molecule has 0 unspecified atom stereocenters. The van der Waals surface area contributed by atoms with E-state index in [1.807, 2.05) is 35.2 Å². The van der Waals surface area contributed by atoms with Crippen molar-refractivity contribution < 1.29 is 14.3 Å². The Morgan fingerprint density at radius 3 is 2.30 bits per heavy atom. The zero-order valence-electron chi connectivity index (χ0n) is 16.6. The summed E-state index contributed by atoms with van der Waals surface area (Å²) in [4.78, 5) is 14.9. The minimum atomic E-state index is -0.224. The lowest BCUT2D eigenvalue weighted by atomic mass is 9.89. The summed E-state index contributed by atoms with van der Waals surface area (Å²) in [6, 6.07) is 18.3. The molecule has 4 heteroatoms. The van der Waals surface area contributed by atoms with E-state index in [9.17, 15) is 4.79 Å². The number of carbonyl (C=O) groups is 1. The fraction of sp³-hybridized carbons (Fsp3) is 0.435. The lowest BCUT2D eigenvalue weighted by Crippen LogP contribution is -2.49. The van der Waals surface area contributed by atoms with E-state index in [2.05, 4.69) is 38.1 Å². The molecule has 2 aromatic carbocycles. The zero-order chi connectivity index (χ0) is 19.4. The molecule has 0 N–H and O–H groups in total. The van der Waals surface area contributed by atoms with Crippen molar-refractivity contribution in [1.29, 1.82) is 0 Å². The van der Waals surface area contributed by atoms with Gasteiger partial charge in [-0.25, -0.2) is 0 Å². The Morgan fingerprint density at radius 2 is 1.74 bits per heavy atom. The van der Waals surface area contributed by atoms with Gasteiger partial charge in [-0.15, -0.1) is 0 Å². The number of methoxy groups -OCH3 is 1. The number of amides is 1. The van der Waals surface area contributed by atoms with E-state index < -0.39 is 0 Å². The quantitative estimate of drug-likeness (QED) is 0.776. The Kier molecular flexibility index (Phi) is 5.85. The van der Waals surface area contributed by atoms with Crippen LogP contribution in [0, 0.1) is 0 Å². The molecule has 144 valence electrons. The summed E-state index contributed by atoms with van der Waals surface area (Å²) in [6.07, 6.45) is 1.68. The highest BCUT2D eigenvalue weighted by Gasteiger charge is 2.37. The molecule has 1 fully saturated rings. The largest absolute Gasteiger partial charge is 0.497 e. The van der Waals surface area contributed by atoms with Crippen molar-refractivity contribution >= 4 is 5.91 Å². The molecule has 2 aromatic rings. The first-order valence-electron chi connectivity index (χ1n) is 9.53. The smallest absolute Gasteiger partial charge is 0.220 e. The number of rotatable bonds is 5. The summed E-state index contributed by atoms with van der Waals surface area (Å²) < 4.78 is 11.2. The highest BCUT2D eigenvalue weighted by atomic mass is 16.5. The third-order valence-electron chi connectivity index (χ3n) is 5.25. The minimum absolute atomic E-state index is 0.0855. The van der Waals surface area contributed by atoms with E-state index in [0.29, 0.717) is 6.61 Å². The summed E-state index contributed by atoms with van der Waals surface area (Å²) in [5, 5.41) is 0. The van der Waals surface area contributed by atoms with E-state index in [-0.39, 0.29) is 23.6 Å². The summed E-state index contributed by atoms with van der Waals surface area (Å²) in [7, 11) is 1.66. The molecule has 1 amide bonds. The molecule has 0 aliphatic carbocycles. The predicted molar refractivity (Wildman–Crippen MR) is 107 cm³/mol. The fourth-order valence-electron chi connectivity index (χ4n) is 4.02. The van der Waals surface area contributed by atoms with Gasteiger partial charge in [-0.2, -0.15) is 0 Å². The first-order chi connectivity index (χ1) is 12.9. The Hall–Kier alpha value is -2.33. The van der Waals surface area contributed by atoms with Crippen LogP contribution in [0.5, 0.6) is 5.75 Å². The van der Waals surface area contributed by atoms with Gasteiger partial charge < -0.3 is 14.4 Å². The van der Waals surface area contributed by atoms with Gasteiger partial charge in [-0.3, -0.25) is 4.79 Å². The molecule has 0 aromatic heterocycles. The van der Waals surface area contributed by atoms with Crippen molar-refractivity contribution in [1.82, 2.24) is 4.90 Å². The van der Waals surface area contributed by atoms with Crippen molar-refractivity contribution in [3.8, 4) is 5.75 Å². The van der Waals surface area contributed by atoms with Gasteiger partial charge in [-0.05, 0) is 49.9 Å². The lowest BCUT2D eigenvalue weighted by molar-refractivity contribution is -0.140. The van der Waals surface area contributed by atoms with Gasteiger partial charge in [0.15, 0.2) is 0 Å². The van der Waals surface area contributed by atoms with Crippen LogP contribution in [0.2, 0.25) is 0 Å². The van der Waals surface area contributed by atoms with E-state index >= 15 is 0 Å². The van der Waals surface area contributed by atoms with Crippen LogP contribution < -0.4 is 4.74 Å². The van der Waals surface area contributed by atoms with Crippen molar-refractivity contribution in [2.24, 2.45) is 0 Å². The van der Waals surface area contributed by atoms with Crippen LogP contribution in [0.25, 0.3) is 0 Å². The third kappa shape index (κ3) is 4.51. The zero-order valence-corrected chi connectivity index (χ0v) is 16.6. The molecule has 1 aliphatic heterocycles. The second-order valence-corrected chi connectivity index (χ2v) is 7.77. The summed E-state index contributed by atoms with van der Waals surface area (Å²) in [5.74, 6) is 0.898. The van der Waals surface area contributed by atoms with Crippen LogP contribution in [0.4, 0.5) is 0 Å². The van der Waals surface area contributed by atoms with Crippen LogP contribution >= 0.6 is 0 Å². The topological polar surface area (TPSA) is 38.8 Å². The number of hydrogen-bond donors (Lipinski definition) is 0. The average molecular weight is 367 g/mol. The maximum Gasteiger partial charge on any atom is 0.220 e. The van der Waals surface area contributed by atoms with Crippen molar-refractivity contribution in [2.75, 3.05) is 13.7 Å². The molecule has 0 bridgehead atoms. The molecule has 4 nitrogen and oxygen atoms in total. The van der Waals surface area contributed by atoms with Crippen LogP contribution in [0.3, 0.4) is 0 Å². The molecule has 1 heterocycles. The Morgan fingerprint density at radius 1 is 1.11 bits per heavy atom. The number of ether oxygens (including phenoxy) is 2. The van der Waals surface area contributed by atoms with Gasteiger partial charge in [-0.1, -0.05) is 42.5 Å². The molecule has 0 saturated carbocycles. The van der Waals surface area contributed by atoms with Crippen LogP contribution in [-0.2, 0) is 9.53 Å². The number of carbonyl (C=O) groups excluding carboxylic acids is 1. The number of benzene rings is 2. The van der Waals surface area contributed by atoms with Gasteiger partial charge >= 0.3 is 0 Å². The highest BCUT2D eigenvalue weighted by molar-refractivity contribution is 5.75. The van der Waals surface area contributed by atoms with Crippen LogP contribution in [0.15, 0.2) is 54.6 Å². The van der Waals surface area contributed by atoms with Gasteiger partial charge in [0.2, 0.25) is 5.91 Å². The molecule has 27 heavy (non-hydrogen) atoms. The van der Waals surface area contributed by atoms with Gasteiger partial charge in [0.25, 0.3) is 0 Å². The van der Waals surface area contributed by atoms with E-state index in [4.69, 9.17) is 9.47 Å². The summed E-state index contributed by atoms with van der Waals surface area (Å²) >= 11 is 0. The number of nitrogens with zero attached hydrogens (tertiary/aromatic N) is 1.